The highest BCUT2D eigenvalue weighted by atomic mass is 32.2. The Morgan fingerprint density at radius 1 is 1.78 bits per heavy atom. The van der Waals surface area contributed by atoms with E-state index in [-0.39, 0.29) is 11.7 Å². The van der Waals surface area contributed by atoms with E-state index in [0.717, 1.165) is 4.91 Å². The van der Waals surface area contributed by atoms with E-state index in [0.29, 0.717) is 25.1 Å². The largest absolute Gasteiger partial charge is 0.477 e. The lowest BCUT2D eigenvalue weighted by Crippen LogP contribution is -2.28. The van der Waals surface area contributed by atoms with Gasteiger partial charge >= 0.3 is 5.97 Å². The average molecular weight is 273 g/mol. The number of hydrogen-bond acceptors (Lipinski definition) is 5. The number of hydrogen-bond donors (Lipinski definition) is 4. The summed E-state index contributed by atoms with van der Waals surface area (Å²) >= 11 is 1.48. The van der Waals surface area contributed by atoms with Crippen LogP contribution in [0.5, 0.6) is 0 Å². The van der Waals surface area contributed by atoms with Gasteiger partial charge in [-0.1, -0.05) is 0 Å². The second-order valence-corrected chi connectivity index (χ2v) is 5.33. The first-order valence-electron chi connectivity index (χ1n) is 5.78. The molecule has 0 spiro atoms. The van der Waals surface area contributed by atoms with E-state index in [1.54, 1.807) is 6.92 Å². The number of nitrogens with two attached hydrogens (primary N) is 1. The summed E-state index contributed by atoms with van der Waals surface area (Å²) in [4.78, 5) is 15.8. The lowest BCUT2D eigenvalue weighted by atomic mass is 10.1. The number of nitrogens with one attached hydrogen (secondary N) is 1. The SMILES string of the molecule is CC(O)CC1CC(SCCN=CN)=C(C(=O)O)N1. The van der Waals surface area contributed by atoms with Crippen LogP contribution in [0.1, 0.15) is 19.8 Å². The molecular formula is C11H19N3O3S. The fraction of sp³-hybridized carbons (Fsp3) is 0.636. The number of carboxylic acids is 1. The summed E-state index contributed by atoms with van der Waals surface area (Å²) in [5, 5.41) is 21.4. The summed E-state index contributed by atoms with van der Waals surface area (Å²) in [5.41, 5.74) is 5.38. The number of rotatable bonds is 7. The van der Waals surface area contributed by atoms with E-state index in [1.165, 1.54) is 18.1 Å². The molecule has 1 rings (SSSR count). The fourth-order valence-electron chi connectivity index (χ4n) is 1.82. The van der Waals surface area contributed by atoms with Gasteiger partial charge in [-0.2, -0.15) is 0 Å². The predicted molar refractivity (Wildman–Crippen MR) is 72.5 cm³/mol. The summed E-state index contributed by atoms with van der Waals surface area (Å²) in [5.74, 6) is -0.254. The summed E-state index contributed by atoms with van der Waals surface area (Å²) in [6, 6.07) is -0.00314. The van der Waals surface area contributed by atoms with Gasteiger partial charge in [0.2, 0.25) is 0 Å². The van der Waals surface area contributed by atoms with Gasteiger partial charge < -0.3 is 21.3 Å². The monoisotopic (exact) mass is 273 g/mol. The number of carboxylic acid groups (broad SMARTS) is 1. The first-order valence-corrected chi connectivity index (χ1v) is 6.77. The molecule has 0 aromatic heterocycles. The second-order valence-electron chi connectivity index (χ2n) is 4.14. The zero-order valence-electron chi connectivity index (χ0n) is 10.3. The van der Waals surface area contributed by atoms with Crippen molar-refractivity contribution in [2.75, 3.05) is 12.3 Å². The molecule has 0 radical (unpaired) electrons. The van der Waals surface area contributed by atoms with Gasteiger partial charge in [-0.25, -0.2) is 4.79 Å². The normalized spacial score (nSPS) is 21.3. The maximum Gasteiger partial charge on any atom is 0.352 e. The molecule has 1 aliphatic heterocycles. The molecule has 5 N–H and O–H groups in total. The molecule has 0 aliphatic carbocycles. The van der Waals surface area contributed by atoms with E-state index < -0.39 is 12.1 Å². The molecule has 0 fully saturated rings. The van der Waals surface area contributed by atoms with Crippen LogP contribution in [0.4, 0.5) is 0 Å². The molecule has 0 saturated carbocycles. The Morgan fingerprint density at radius 3 is 3.06 bits per heavy atom. The Hall–Kier alpha value is -1.21. The van der Waals surface area contributed by atoms with Gasteiger partial charge in [0.15, 0.2) is 0 Å². The second kappa shape index (κ2) is 7.27. The van der Waals surface area contributed by atoms with Gasteiger partial charge in [-0.15, -0.1) is 11.8 Å². The molecule has 1 aliphatic rings. The molecule has 18 heavy (non-hydrogen) atoms. The molecule has 0 bridgehead atoms. The Balaban J connectivity index is 2.54. The van der Waals surface area contributed by atoms with Gasteiger partial charge in [0.05, 0.1) is 19.0 Å². The van der Waals surface area contributed by atoms with Crippen molar-refractivity contribution < 1.29 is 15.0 Å². The Kier molecular flexibility index (Phi) is 6.00. The number of aliphatic hydroxyl groups excluding tert-OH is 1. The number of carbonyl (C=O) groups is 1. The highest BCUT2D eigenvalue weighted by Crippen LogP contribution is 2.31. The van der Waals surface area contributed by atoms with Crippen LogP contribution in [0.25, 0.3) is 0 Å². The number of aliphatic imine (C=N–C) groups is 1. The van der Waals surface area contributed by atoms with Crippen LogP contribution >= 0.6 is 11.8 Å². The maximum atomic E-state index is 11.1. The molecule has 2 unspecified atom stereocenters. The minimum atomic E-state index is -0.951. The van der Waals surface area contributed by atoms with Gasteiger partial charge in [0.25, 0.3) is 0 Å². The lowest BCUT2D eigenvalue weighted by molar-refractivity contribution is -0.133. The minimum absolute atomic E-state index is 0.00314. The third-order valence-corrected chi connectivity index (χ3v) is 3.61. The summed E-state index contributed by atoms with van der Waals surface area (Å²) in [6.07, 6.45) is 1.99. The lowest BCUT2D eigenvalue weighted by Gasteiger charge is -2.13. The Morgan fingerprint density at radius 2 is 2.50 bits per heavy atom. The zero-order chi connectivity index (χ0) is 13.5. The summed E-state index contributed by atoms with van der Waals surface area (Å²) in [6.45, 7) is 2.27. The third kappa shape index (κ3) is 4.58. The van der Waals surface area contributed by atoms with Crippen molar-refractivity contribution in [3.8, 4) is 0 Å². The van der Waals surface area contributed by atoms with Crippen molar-refractivity contribution >= 4 is 24.1 Å². The van der Waals surface area contributed by atoms with Crippen LogP contribution in [0, 0.1) is 0 Å². The minimum Gasteiger partial charge on any atom is -0.477 e. The topological polar surface area (TPSA) is 108 Å². The van der Waals surface area contributed by atoms with E-state index in [9.17, 15) is 9.90 Å². The first-order chi connectivity index (χ1) is 8.54. The van der Waals surface area contributed by atoms with Gasteiger partial charge in [-0.3, -0.25) is 4.99 Å². The standard InChI is InChI=1S/C11H19N3O3S/c1-7(15)4-8-5-9(10(14-8)11(16)17)18-3-2-13-6-12/h6-8,14-15H,2-5H2,1H3,(H2,12,13)(H,16,17). The quantitative estimate of drug-likeness (QED) is 0.298. The van der Waals surface area contributed by atoms with Crippen LogP contribution in [0.2, 0.25) is 0 Å². The third-order valence-electron chi connectivity index (χ3n) is 2.50. The molecule has 6 nitrogen and oxygen atoms in total. The highest BCUT2D eigenvalue weighted by Gasteiger charge is 2.28. The molecule has 0 aromatic carbocycles. The van der Waals surface area contributed by atoms with E-state index >= 15 is 0 Å². The molecule has 7 heteroatoms. The number of thioether (sulfide) groups is 1. The van der Waals surface area contributed by atoms with Gasteiger partial charge in [0, 0.05) is 23.1 Å². The van der Waals surface area contributed by atoms with Crippen LogP contribution in [-0.2, 0) is 4.79 Å². The average Bonchev–Trinajstić information content (AvgIpc) is 2.67. The number of aliphatic hydroxyl groups is 1. The summed E-state index contributed by atoms with van der Waals surface area (Å²) in [7, 11) is 0. The van der Waals surface area contributed by atoms with Crippen LogP contribution < -0.4 is 11.1 Å². The summed E-state index contributed by atoms with van der Waals surface area (Å²) < 4.78 is 0. The molecule has 1 heterocycles. The number of aliphatic carboxylic acids is 1. The van der Waals surface area contributed by atoms with Crippen molar-refractivity contribution in [3.05, 3.63) is 10.6 Å². The molecule has 0 saturated heterocycles. The van der Waals surface area contributed by atoms with Gasteiger partial charge in [-0.05, 0) is 13.3 Å². The number of nitrogens with zero attached hydrogens (tertiary/aromatic N) is 1. The van der Waals surface area contributed by atoms with Crippen LogP contribution in [0.15, 0.2) is 15.6 Å². The van der Waals surface area contributed by atoms with Crippen molar-refractivity contribution in [2.45, 2.75) is 31.9 Å². The van der Waals surface area contributed by atoms with Crippen LogP contribution in [0.3, 0.4) is 0 Å². The van der Waals surface area contributed by atoms with Crippen molar-refractivity contribution in [2.24, 2.45) is 10.7 Å². The van der Waals surface area contributed by atoms with E-state index in [2.05, 4.69) is 10.3 Å². The molecular weight excluding hydrogens is 254 g/mol. The molecule has 0 amide bonds. The fourth-order valence-corrected chi connectivity index (χ4v) is 2.88. The van der Waals surface area contributed by atoms with Crippen molar-refractivity contribution in [1.82, 2.24) is 5.32 Å². The van der Waals surface area contributed by atoms with Crippen LogP contribution in [-0.4, -0.2) is 47.0 Å². The molecule has 102 valence electrons. The van der Waals surface area contributed by atoms with Crippen molar-refractivity contribution in [1.29, 1.82) is 0 Å². The Labute approximate surface area is 110 Å². The van der Waals surface area contributed by atoms with E-state index in [1.807, 2.05) is 0 Å². The molecule has 2 atom stereocenters. The molecule has 0 aromatic rings. The Bertz CT molecular complexity index is 355. The van der Waals surface area contributed by atoms with E-state index in [4.69, 9.17) is 10.8 Å². The first kappa shape index (κ1) is 14.8. The maximum absolute atomic E-state index is 11.1. The predicted octanol–water partition coefficient (Wildman–Crippen LogP) is 0.136. The highest BCUT2D eigenvalue weighted by molar-refractivity contribution is 8.03. The van der Waals surface area contributed by atoms with Gasteiger partial charge in [0.1, 0.15) is 5.70 Å². The van der Waals surface area contributed by atoms with Crippen molar-refractivity contribution in [3.63, 3.8) is 0 Å². The smallest absolute Gasteiger partial charge is 0.352 e. The zero-order valence-corrected chi connectivity index (χ0v) is 11.1.